The van der Waals surface area contributed by atoms with E-state index in [-0.39, 0.29) is 12.8 Å². The maximum atomic E-state index is 13.2. The second kappa shape index (κ2) is 49.0. The highest BCUT2D eigenvalue weighted by atomic mass is 16.7. The molecule has 11 nitrogen and oxygen atoms in total. The average Bonchev–Trinajstić information content (AvgIpc) is 3.37. The first kappa shape index (κ1) is 67.1. The van der Waals surface area contributed by atoms with Crippen LogP contribution in [-0.2, 0) is 14.3 Å². The summed E-state index contributed by atoms with van der Waals surface area (Å²) in [6.45, 7) is 3.45. The molecule has 0 bridgehead atoms. The Bertz CT molecular complexity index is 1290. The first-order chi connectivity index (χ1) is 34.7. The Balaban J connectivity index is 2.36. The SMILES string of the molecule is CCCCCCCCCCC/C=C\CCCCCCCCC(O)C(=O)NC(COC1OC(CO)C(O)C(O)C1O)C(O)C(O)CCC/C=C/CC/C=C/CC/C=C/CCCCCCCCCCCCCC. The Morgan fingerprint density at radius 2 is 0.845 bits per heavy atom. The van der Waals surface area contributed by atoms with E-state index in [1.54, 1.807) is 0 Å². The first-order valence-electron chi connectivity index (χ1n) is 29.5. The number of aliphatic hydroxyl groups is 7. The van der Waals surface area contributed by atoms with Crippen molar-refractivity contribution in [3.8, 4) is 0 Å². The Kier molecular flexibility index (Phi) is 46.3. The van der Waals surface area contributed by atoms with E-state index in [4.69, 9.17) is 9.47 Å². The summed E-state index contributed by atoms with van der Waals surface area (Å²) in [5.74, 6) is -0.716. The number of unbranched alkanes of at least 4 members (excludes halogenated alkanes) is 30. The molecule has 0 aromatic rings. The smallest absolute Gasteiger partial charge is 0.249 e. The highest BCUT2D eigenvalue weighted by Gasteiger charge is 2.44. The van der Waals surface area contributed by atoms with Gasteiger partial charge in [-0.1, -0.05) is 217 Å². The van der Waals surface area contributed by atoms with Crippen LogP contribution in [0.5, 0.6) is 0 Å². The standard InChI is InChI=1S/C60H111NO10/c1-3-5-7-9-11-13-15-17-19-21-23-24-25-26-27-28-30-31-33-35-37-39-41-43-45-47-52(63)55(65)51(50-70-60-58(68)57(67)56(66)54(49-62)71-60)61-59(69)53(64)48-46-44-42-40-38-36-34-32-29-22-20-18-16-14-12-10-8-6-4-2/h26-27,29,31-33,39,41,51-58,60,62-68H,3-25,28,30,34-38,40,42-50H2,1-2H3,(H,61,69)/b27-26+,32-29-,33-31+,41-39+. The fraction of sp³-hybridized carbons (Fsp3) is 0.850. The molecule has 0 spiro atoms. The lowest BCUT2D eigenvalue weighted by Gasteiger charge is -2.40. The zero-order valence-corrected chi connectivity index (χ0v) is 45.5. The minimum absolute atomic E-state index is 0.239. The number of carbonyl (C=O) groups excluding carboxylic acids is 1. The molecule has 1 heterocycles. The topological polar surface area (TPSA) is 189 Å². The summed E-state index contributed by atoms with van der Waals surface area (Å²) in [5, 5.41) is 76.1. The summed E-state index contributed by atoms with van der Waals surface area (Å²) in [6.07, 6.45) is 50.2. The maximum absolute atomic E-state index is 13.2. The van der Waals surface area contributed by atoms with Gasteiger partial charge in [-0.25, -0.2) is 0 Å². The Hall–Kier alpha value is -1.93. The van der Waals surface area contributed by atoms with Gasteiger partial charge in [0.15, 0.2) is 6.29 Å². The normalized spacial score (nSPS) is 20.5. The molecule has 1 rings (SSSR count). The molecule has 9 unspecified atom stereocenters. The molecule has 9 atom stereocenters. The highest BCUT2D eigenvalue weighted by molar-refractivity contribution is 5.80. The van der Waals surface area contributed by atoms with Crippen molar-refractivity contribution in [1.82, 2.24) is 5.32 Å². The monoisotopic (exact) mass is 1010 g/mol. The molecule has 1 aliphatic heterocycles. The van der Waals surface area contributed by atoms with Gasteiger partial charge in [0.1, 0.15) is 36.6 Å². The third-order valence-corrected chi connectivity index (χ3v) is 14.1. The van der Waals surface area contributed by atoms with Gasteiger partial charge in [-0.05, 0) is 89.9 Å². The maximum Gasteiger partial charge on any atom is 0.249 e. The van der Waals surface area contributed by atoms with Crippen molar-refractivity contribution in [3.63, 3.8) is 0 Å². The number of amides is 1. The largest absolute Gasteiger partial charge is 0.394 e. The van der Waals surface area contributed by atoms with E-state index in [0.717, 1.165) is 64.2 Å². The Morgan fingerprint density at radius 3 is 1.25 bits per heavy atom. The summed E-state index contributed by atoms with van der Waals surface area (Å²) >= 11 is 0. The van der Waals surface area contributed by atoms with Gasteiger partial charge in [-0.3, -0.25) is 4.79 Å². The summed E-state index contributed by atoms with van der Waals surface area (Å²) in [7, 11) is 0. The first-order valence-corrected chi connectivity index (χ1v) is 29.5. The lowest BCUT2D eigenvalue weighted by Crippen LogP contribution is -2.60. The van der Waals surface area contributed by atoms with Gasteiger partial charge in [0, 0.05) is 0 Å². The van der Waals surface area contributed by atoms with Crippen LogP contribution in [0.15, 0.2) is 48.6 Å². The molecular formula is C60H111NO10. The van der Waals surface area contributed by atoms with Crippen LogP contribution in [0.25, 0.3) is 0 Å². The van der Waals surface area contributed by atoms with Gasteiger partial charge >= 0.3 is 0 Å². The molecule has 1 amide bonds. The van der Waals surface area contributed by atoms with E-state index in [0.29, 0.717) is 19.3 Å². The van der Waals surface area contributed by atoms with Crippen molar-refractivity contribution >= 4 is 5.91 Å². The van der Waals surface area contributed by atoms with Crippen molar-refractivity contribution in [1.29, 1.82) is 0 Å². The van der Waals surface area contributed by atoms with E-state index in [2.05, 4.69) is 67.8 Å². The van der Waals surface area contributed by atoms with Gasteiger partial charge < -0.3 is 50.5 Å². The van der Waals surface area contributed by atoms with Crippen molar-refractivity contribution in [2.75, 3.05) is 13.2 Å². The van der Waals surface area contributed by atoms with Crippen molar-refractivity contribution < 1.29 is 50.0 Å². The fourth-order valence-electron chi connectivity index (χ4n) is 9.23. The number of allylic oxidation sites excluding steroid dienone is 8. The van der Waals surface area contributed by atoms with Gasteiger partial charge in [0.2, 0.25) is 5.91 Å². The predicted octanol–water partition coefficient (Wildman–Crippen LogP) is 12.5. The number of hydrogen-bond donors (Lipinski definition) is 8. The molecule has 8 N–H and O–H groups in total. The van der Waals surface area contributed by atoms with Crippen molar-refractivity contribution in [2.45, 2.75) is 313 Å². The summed E-state index contributed by atoms with van der Waals surface area (Å²) < 4.78 is 11.1. The molecule has 0 aromatic carbocycles. The fourth-order valence-corrected chi connectivity index (χ4v) is 9.23. The lowest BCUT2D eigenvalue weighted by molar-refractivity contribution is -0.303. The molecular weight excluding hydrogens is 895 g/mol. The second-order valence-corrected chi connectivity index (χ2v) is 20.7. The van der Waals surface area contributed by atoms with Crippen LogP contribution in [0.1, 0.15) is 258 Å². The number of ether oxygens (including phenoxy) is 2. The summed E-state index contributed by atoms with van der Waals surface area (Å²) in [4.78, 5) is 13.2. The van der Waals surface area contributed by atoms with Crippen molar-refractivity contribution in [2.24, 2.45) is 0 Å². The molecule has 1 aliphatic rings. The van der Waals surface area contributed by atoms with Crippen molar-refractivity contribution in [3.05, 3.63) is 48.6 Å². The van der Waals surface area contributed by atoms with Gasteiger partial charge in [0.25, 0.3) is 0 Å². The second-order valence-electron chi connectivity index (χ2n) is 20.7. The number of nitrogens with one attached hydrogen (secondary N) is 1. The van der Waals surface area contributed by atoms with Crippen LogP contribution in [-0.4, -0.2) is 110 Å². The van der Waals surface area contributed by atoms with Crippen LogP contribution in [0.3, 0.4) is 0 Å². The average molecular weight is 1010 g/mol. The molecule has 71 heavy (non-hydrogen) atoms. The van der Waals surface area contributed by atoms with Crippen LogP contribution in [0.2, 0.25) is 0 Å². The van der Waals surface area contributed by atoms with E-state index >= 15 is 0 Å². The van der Waals surface area contributed by atoms with Crippen LogP contribution >= 0.6 is 0 Å². The molecule has 1 fully saturated rings. The summed E-state index contributed by atoms with van der Waals surface area (Å²) in [5.41, 5.74) is 0. The van der Waals surface area contributed by atoms with Gasteiger partial charge in [-0.2, -0.15) is 0 Å². The minimum Gasteiger partial charge on any atom is -0.394 e. The molecule has 0 saturated carbocycles. The van der Waals surface area contributed by atoms with Crippen LogP contribution in [0.4, 0.5) is 0 Å². The molecule has 0 radical (unpaired) electrons. The van der Waals surface area contributed by atoms with E-state index < -0.39 is 74.2 Å². The quantitative estimate of drug-likeness (QED) is 0.0215. The number of aliphatic hydroxyl groups excluding tert-OH is 7. The zero-order chi connectivity index (χ0) is 51.8. The number of rotatable bonds is 50. The Morgan fingerprint density at radius 1 is 0.479 bits per heavy atom. The summed E-state index contributed by atoms with van der Waals surface area (Å²) in [6, 6.07) is -1.20. The van der Waals surface area contributed by atoms with Crippen LogP contribution in [0, 0.1) is 0 Å². The predicted molar refractivity (Wildman–Crippen MR) is 293 cm³/mol. The zero-order valence-electron chi connectivity index (χ0n) is 45.5. The van der Waals surface area contributed by atoms with Crippen LogP contribution < -0.4 is 5.32 Å². The molecule has 416 valence electrons. The van der Waals surface area contributed by atoms with E-state index in [1.807, 2.05) is 0 Å². The highest BCUT2D eigenvalue weighted by Crippen LogP contribution is 2.23. The molecule has 11 heteroatoms. The number of carbonyl (C=O) groups is 1. The third kappa shape index (κ3) is 37.5. The lowest BCUT2D eigenvalue weighted by atomic mass is 9.98. The molecule has 0 aromatic heterocycles. The molecule has 1 saturated heterocycles. The Labute approximate surface area is 434 Å². The van der Waals surface area contributed by atoms with E-state index in [9.17, 15) is 40.5 Å². The van der Waals surface area contributed by atoms with Gasteiger partial charge in [0.05, 0.1) is 25.4 Å². The minimum atomic E-state index is -1.68. The molecule has 0 aliphatic carbocycles. The van der Waals surface area contributed by atoms with E-state index in [1.165, 1.54) is 148 Å². The third-order valence-electron chi connectivity index (χ3n) is 14.1. The number of hydrogen-bond acceptors (Lipinski definition) is 10. The van der Waals surface area contributed by atoms with Gasteiger partial charge in [-0.15, -0.1) is 0 Å².